The summed E-state index contributed by atoms with van der Waals surface area (Å²) in [5.41, 5.74) is 7.96. The quantitative estimate of drug-likeness (QED) is 0.863. The molecule has 110 valence electrons. The summed E-state index contributed by atoms with van der Waals surface area (Å²) in [6.45, 7) is 5.37. The number of hydrogen-bond acceptors (Lipinski definition) is 3. The third-order valence-electron chi connectivity index (χ3n) is 3.78. The molecule has 1 aliphatic rings. The van der Waals surface area contributed by atoms with Gasteiger partial charge in [0.05, 0.1) is 6.10 Å². The number of nitrogens with two attached hydrogens (primary N) is 1. The van der Waals surface area contributed by atoms with Crippen molar-refractivity contribution in [2.24, 2.45) is 5.73 Å². The lowest BCUT2D eigenvalue weighted by Gasteiger charge is -2.13. The second kappa shape index (κ2) is 6.86. The smallest absolute Gasteiger partial charge is 0.249 e. The van der Waals surface area contributed by atoms with Crippen LogP contribution in [0.15, 0.2) is 24.3 Å². The molecule has 1 aliphatic heterocycles. The van der Waals surface area contributed by atoms with Gasteiger partial charge in [-0.1, -0.05) is 38.1 Å². The topological polar surface area (TPSA) is 64.4 Å². The molecule has 2 unspecified atom stereocenters. The number of benzene rings is 1. The highest BCUT2D eigenvalue weighted by Crippen LogP contribution is 2.19. The molecule has 4 nitrogen and oxygen atoms in total. The van der Waals surface area contributed by atoms with Gasteiger partial charge in [0, 0.05) is 13.1 Å². The number of hydrogen-bond donors (Lipinski definition) is 2. The summed E-state index contributed by atoms with van der Waals surface area (Å²) in [7, 11) is 0. The Morgan fingerprint density at radius 2 is 2.05 bits per heavy atom. The van der Waals surface area contributed by atoms with Crippen LogP contribution in [0, 0.1) is 0 Å². The van der Waals surface area contributed by atoms with E-state index in [1.807, 2.05) is 0 Å². The van der Waals surface area contributed by atoms with Crippen LogP contribution in [0.1, 0.15) is 43.7 Å². The van der Waals surface area contributed by atoms with E-state index in [4.69, 9.17) is 10.5 Å². The van der Waals surface area contributed by atoms with Crippen molar-refractivity contribution in [3.8, 4) is 0 Å². The molecule has 2 rings (SSSR count). The molecule has 1 heterocycles. The summed E-state index contributed by atoms with van der Waals surface area (Å²) >= 11 is 0. The van der Waals surface area contributed by atoms with Gasteiger partial charge in [-0.15, -0.1) is 0 Å². The first-order chi connectivity index (χ1) is 9.60. The van der Waals surface area contributed by atoms with Crippen LogP contribution in [-0.4, -0.2) is 24.7 Å². The third-order valence-corrected chi connectivity index (χ3v) is 3.78. The Kier molecular flexibility index (Phi) is 5.15. The summed E-state index contributed by atoms with van der Waals surface area (Å²) in [6.07, 6.45) is 1.34. The monoisotopic (exact) mass is 276 g/mol. The zero-order chi connectivity index (χ0) is 14.5. The fourth-order valence-corrected chi connectivity index (χ4v) is 2.40. The highest BCUT2D eigenvalue weighted by atomic mass is 16.5. The molecule has 0 aromatic heterocycles. The third kappa shape index (κ3) is 3.81. The van der Waals surface area contributed by atoms with E-state index in [1.165, 1.54) is 5.56 Å². The molecule has 0 radical (unpaired) electrons. The molecule has 1 aromatic rings. The van der Waals surface area contributed by atoms with E-state index in [2.05, 4.69) is 43.4 Å². The van der Waals surface area contributed by atoms with E-state index in [9.17, 15) is 4.79 Å². The van der Waals surface area contributed by atoms with Gasteiger partial charge in [-0.05, 0) is 29.9 Å². The lowest BCUT2D eigenvalue weighted by Crippen LogP contribution is -2.35. The van der Waals surface area contributed by atoms with Gasteiger partial charge < -0.3 is 15.8 Å². The Morgan fingerprint density at radius 1 is 1.35 bits per heavy atom. The molecule has 0 bridgehead atoms. The van der Waals surface area contributed by atoms with Gasteiger partial charge >= 0.3 is 0 Å². The first-order valence-electron chi connectivity index (χ1n) is 7.32. The van der Waals surface area contributed by atoms with Crippen molar-refractivity contribution in [3.05, 3.63) is 35.4 Å². The van der Waals surface area contributed by atoms with Crippen LogP contribution in [-0.2, 0) is 16.1 Å². The molecule has 1 aromatic carbocycles. The maximum Gasteiger partial charge on any atom is 0.249 e. The standard InChI is InChI=1S/C16H24N2O2/c1-11(2)13-5-3-12(4-6-13)10-18-16(19)15-8-7-14(9-17)20-15/h3-6,11,14-15H,7-10,17H2,1-2H3,(H,18,19). The van der Waals surface area contributed by atoms with Crippen LogP contribution in [0.25, 0.3) is 0 Å². The van der Waals surface area contributed by atoms with Crippen LogP contribution >= 0.6 is 0 Å². The molecule has 3 N–H and O–H groups in total. The second-order valence-electron chi connectivity index (χ2n) is 5.67. The van der Waals surface area contributed by atoms with Gasteiger partial charge in [-0.25, -0.2) is 0 Å². The summed E-state index contributed by atoms with van der Waals surface area (Å²) < 4.78 is 5.57. The Morgan fingerprint density at radius 3 is 2.60 bits per heavy atom. The van der Waals surface area contributed by atoms with Crippen LogP contribution < -0.4 is 11.1 Å². The van der Waals surface area contributed by atoms with Crippen molar-refractivity contribution in [2.45, 2.75) is 51.4 Å². The highest BCUT2D eigenvalue weighted by Gasteiger charge is 2.29. The molecule has 1 fully saturated rings. The minimum Gasteiger partial charge on any atom is -0.364 e. The van der Waals surface area contributed by atoms with Crippen LogP contribution in [0.4, 0.5) is 0 Å². The number of ether oxygens (including phenoxy) is 1. The first-order valence-corrected chi connectivity index (χ1v) is 7.32. The predicted molar refractivity (Wildman–Crippen MR) is 79.3 cm³/mol. The van der Waals surface area contributed by atoms with Crippen molar-refractivity contribution in [1.82, 2.24) is 5.32 Å². The molecule has 0 aliphatic carbocycles. The Labute approximate surface area is 120 Å². The molecule has 4 heteroatoms. The Bertz CT molecular complexity index is 442. The number of carbonyl (C=O) groups is 1. The van der Waals surface area contributed by atoms with E-state index in [0.29, 0.717) is 19.0 Å². The summed E-state index contributed by atoms with van der Waals surface area (Å²) in [5, 5.41) is 2.93. The predicted octanol–water partition coefficient (Wildman–Crippen LogP) is 1.93. The summed E-state index contributed by atoms with van der Waals surface area (Å²) in [4.78, 5) is 12.0. The maximum atomic E-state index is 12.0. The van der Waals surface area contributed by atoms with Gasteiger partial charge in [0.15, 0.2) is 0 Å². The molecular formula is C16H24N2O2. The number of amides is 1. The average molecular weight is 276 g/mol. The van der Waals surface area contributed by atoms with E-state index < -0.39 is 0 Å². The first kappa shape index (κ1) is 15.0. The van der Waals surface area contributed by atoms with Crippen molar-refractivity contribution in [1.29, 1.82) is 0 Å². The summed E-state index contributed by atoms with van der Waals surface area (Å²) in [6, 6.07) is 8.35. The molecular weight excluding hydrogens is 252 g/mol. The van der Waals surface area contributed by atoms with Crippen LogP contribution in [0.3, 0.4) is 0 Å². The Hall–Kier alpha value is -1.39. The van der Waals surface area contributed by atoms with E-state index in [0.717, 1.165) is 18.4 Å². The molecule has 0 spiro atoms. The largest absolute Gasteiger partial charge is 0.364 e. The SMILES string of the molecule is CC(C)c1ccc(CNC(=O)C2CCC(CN)O2)cc1. The normalized spacial score (nSPS) is 22.2. The maximum absolute atomic E-state index is 12.0. The van der Waals surface area contributed by atoms with Crippen molar-refractivity contribution < 1.29 is 9.53 Å². The van der Waals surface area contributed by atoms with E-state index in [1.54, 1.807) is 0 Å². The summed E-state index contributed by atoms with van der Waals surface area (Å²) in [5.74, 6) is 0.493. The van der Waals surface area contributed by atoms with Crippen LogP contribution in [0.2, 0.25) is 0 Å². The Balaban J connectivity index is 1.81. The lowest BCUT2D eigenvalue weighted by molar-refractivity contribution is -0.132. The van der Waals surface area contributed by atoms with E-state index >= 15 is 0 Å². The minimum atomic E-state index is -0.335. The molecule has 1 saturated heterocycles. The van der Waals surface area contributed by atoms with Crippen LogP contribution in [0.5, 0.6) is 0 Å². The second-order valence-corrected chi connectivity index (χ2v) is 5.67. The number of nitrogens with one attached hydrogen (secondary N) is 1. The van der Waals surface area contributed by atoms with Crippen molar-refractivity contribution in [3.63, 3.8) is 0 Å². The zero-order valence-electron chi connectivity index (χ0n) is 12.3. The number of rotatable bonds is 5. The lowest BCUT2D eigenvalue weighted by atomic mass is 10.0. The molecule has 20 heavy (non-hydrogen) atoms. The zero-order valence-corrected chi connectivity index (χ0v) is 12.3. The van der Waals surface area contributed by atoms with Gasteiger partial charge in [0.25, 0.3) is 0 Å². The van der Waals surface area contributed by atoms with Gasteiger partial charge in [-0.2, -0.15) is 0 Å². The molecule has 0 saturated carbocycles. The number of carbonyl (C=O) groups excluding carboxylic acids is 1. The highest BCUT2D eigenvalue weighted by molar-refractivity contribution is 5.81. The minimum absolute atomic E-state index is 0.0334. The van der Waals surface area contributed by atoms with Gasteiger partial charge in [0.2, 0.25) is 5.91 Å². The van der Waals surface area contributed by atoms with Crippen molar-refractivity contribution >= 4 is 5.91 Å². The van der Waals surface area contributed by atoms with E-state index in [-0.39, 0.29) is 18.1 Å². The van der Waals surface area contributed by atoms with Gasteiger partial charge in [0.1, 0.15) is 6.10 Å². The fourth-order valence-electron chi connectivity index (χ4n) is 2.40. The molecule has 1 amide bonds. The average Bonchev–Trinajstić information content (AvgIpc) is 2.94. The molecule has 2 atom stereocenters. The van der Waals surface area contributed by atoms with Crippen molar-refractivity contribution in [2.75, 3.05) is 6.54 Å². The fraction of sp³-hybridized carbons (Fsp3) is 0.562. The van der Waals surface area contributed by atoms with Gasteiger partial charge in [-0.3, -0.25) is 4.79 Å².